The predicted octanol–water partition coefficient (Wildman–Crippen LogP) is 18.7. The van der Waals surface area contributed by atoms with E-state index in [0.717, 1.165) is 61.6 Å². The number of anilines is 6. The van der Waals surface area contributed by atoms with Gasteiger partial charge in [0.2, 0.25) is 5.95 Å². The molecular formula is C69H57N5. The monoisotopic (exact) mass is 955 g/mol. The molecule has 74 heavy (non-hydrogen) atoms. The van der Waals surface area contributed by atoms with Crippen molar-refractivity contribution in [3.8, 4) is 67.3 Å². The van der Waals surface area contributed by atoms with E-state index in [1.807, 2.05) is 18.2 Å². The molecule has 0 fully saturated rings. The molecule has 11 rings (SSSR count). The lowest BCUT2D eigenvalue weighted by Gasteiger charge is -2.32. The standard InChI is InChI=1S/C69H57N5/c1-46-39-48(3)65(49(4)40-46)74(66-50(5)41-47(2)42-51(66)6)62-37-35-61(36-38-62)73(60-33-31-55(32-34-60)64-30-20-19-29-63(64)54-25-15-9-16-26-54)69-71-67(56-27-17-10-18-28-56)70-68(72-69)59-44-57(52-21-11-7-12-22-52)43-58(45-59)53-23-13-8-14-24-53/h7-45H,1-6H3. The number of nitrogens with zero attached hydrogens (tertiary/aromatic N) is 5. The molecule has 0 N–H and O–H groups in total. The molecule has 11 aromatic rings. The lowest BCUT2D eigenvalue weighted by atomic mass is 9.94. The Morgan fingerprint density at radius 2 is 0.581 bits per heavy atom. The minimum atomic E-state index is 0.498. The summed E-state index contributed by atoms with van der Waals surface area (Å²) in [5, 5.41) is 0. The van der Waals surface area contributed by atoms with Gasteiger partial charge in [-0.15, -0.1) is 0 Å². The highest BCUT2D eigenvalue weighted by Crippen LogP contribution is 2.45. The Kier molecular flexibility index (Phi) is 13.1. The Hall–Kier alpha value is -9.19. The van der Waals surface area contributed by atoms with Crippen molar-refractivity contribution in [1.29, 1.82) is 0 Å². The van der Waals surface area contributed by atoms with Crippen LogP contribution in [0, 0.1) is 41.5 Å². The van der Waals surface area contributed by atoms with Gasteiger partial charge in [0.05, 0.1) is 11.4 Å². The van der Waals surface area contributed by atoms with Gasteiger partial charge in [-0.1, -0.05) is 193 Å². The molecule has 1 heterocycles. The van der Waals surface area contributed by atoms with E-state index in [4.69, 9.17) is 15.0 Å². The third-order valence-electron chi connectivity index (χ3n) is 13.8. The maximum absolute atomic E-state index is 5.50. The Morgan fingerprint density at radius 1 is 0.257 bits per heavy atom. The Bertz CT molecular complexity index is 3600. The zero-order valence-corrected chi connectivity index (χ0v) is 42.8. The Labute approximate surface area is 435 Å². The molecule has 0 aliphatic carbocycles. The SMILES string of the molecule is Cc1cc(C)c(N(c2ccc(N(c3ccc(-c4ccccc4-c4ccccc4)cc3)c3nc(-c4ccccc4)nc(-c4cc(-c5ccccc5)cc(-c5ccccc5)c4)n3)cc2)c2c(C)cc(C)cc2C)c(C)c1. The van der Waals surface area contributed by atoms with Crippen molar-refractivity contribution < 1.29 is 0 Å². The van der Waals surface area contributed by atoms with Gasteiger partial charge in [0.1, 0.15) is 0 Å². The largest absolute Gasteiger partial charge is 0.309 e. The average molecular weight is 956 g/mol. The van der Waals surface area contributed by atoms with E-state index >= 15 is 0 Å². The minimum Gasteiger partial charge on any atom is -0.309 e. The van der Waals surface area contributed by atoms with Crippen molar-refractivity contribution in [3.63, 3.8) is 0 Å². The molecule has 0 atom stereocenters. The summed E-state index contributed by atoms with van der Waals surface area (Å²) in [6, 6.07) is 83.9. The van der Waals surface area contributed by atoms with Crippen LogP contribution in [-0.2, 0) is 0 Å². The molecule has 0 aliphatic heterocycles. The van der Waals surface area contributed by atoms with E-state index in [1.54, 1.807) is 0 Å². The molecule has 0 saturated heterocycles. The van der Waals surface area contributed by atoms with E-state index in [1.165, 1.54) is 55.9 Å². The van der Waals surface area contributed by atoms with Gasteiger partial charge in [-0.3, -0.25) is 4.90 Å². The summed E-state index contributed by atoms with van der Waals surface area (Å²) < 4.78 is 0. The van der Waals surface area contributed by atoms with Gasteiger partial charge in [-0.05, 0) is 163 Å². The summed E-state index contributed by atoms with van der Waals surface area (Å²) in [6.45, 7) is 13.2. The van der Waals surface area contributed by atoms with Crippen LogP contribution in [0.25, 0.3) is 67.3 Å². The summed E-state index contributed by atoms with van der Waals surface area (Å²) in [5.74, 6) is 1.65. The Balaban J connectivity index is 1.12. The second kappa shape index (κ2) is 20.5. The zero-order valence-electron chi connectivity index (χ0n) is 42.8. The number of hydrogen-bond acceptors (Lipinski definition) is 5. The molecule has 0 unspecified atom stereocenters. The van der Waals surface area contributed by atoms with E-state index in [9.17, 15) is 0 Å². The number of aryl methyl sites for hydroxylation is 6. The second-order valence-electron chi connectivity index (χ2n) is 19.3. The summed E-state index contributed by atoms with van der Waals surface area (Å²) in [4.78, 5) is 20.8. The van der Waals surface area contributed by atoms with Crippen LogP contribution in [0.2, 0.25) is 0 Å². The van der Waals surface area contributed by atoms with Crippen molar-refractivity contribution in [3.05, 3.63) is 270 Å². The fraction of sp³-hybridized carbons (Fsp3) is 0.0870. The number of benzene rings is 10. The van der Waals surface area contributed by atoms with Crippen LogP contribution < -0.4 is 9.80 Å². The van der Waals surface area contributed by atoms with Crippen LogP contribution in [0.3, 0.4) is 0 Å². The average Bonchev–Trinajstić information content (AvgIpc) is 3.43. The lowest BCUT2D eigenvalue weighted by Crippen LogP contribution is -2.17. The van der Waals surface area contributed by atoms with Gasteiger partial charge >= 0.3 is 0 Å². The molecule has 5 heteroatoms. The summed E-state index contributed by atoms with van der Waals surface area (Å²) in [6.07, 6.45) is 0. The van der Waals surface area contributed by atoms with E-state index in [-0.39, 0.29) is 0 Å². The molecule has 5 nitrogen and oxygen atoms in total. The molecule has 0 bridgehead atoms. The van der Waals surface area contributed by atoms with Crippen molar-refractivity contribution in [2.24, 2.45) is 0 Å². The number of aromatic nitrogens is 3. The first-order chi connectivity index (χ1) is 36.1. The predicted molar refractivity (Wildman–Crippen MR) is 310 cm³/mol. The highest BCUT2D eigenvalue weighted by molar-refractivity contribution is 5.88. The first-order valence-electron chi connectivity index (χ1n) is 25.3. The second-order valence-corrected chi connectivity index (χ2v) is 19.3. The molecule has 358 valence electrons. The van der Waals surface area contributed by atoms with Gasteiger partial charge < -0.3 is 4.90 Å². The zero-order chi connectivity index (χ0) is 50.7. The molecule has 0 saturated carbocycles. The van der Waals surface area contributed by atoms with Gasteiger partial charge in [0.15, 0.2) is 11.6 Å². The highest BCUT2D eigenvalue weighted by atomic mass is 15.3. The quantitative estimate of drug-likeness (QED) is 0.122. The smallest absolute Gasteiger partial charge is 0.238 e. The van der Waals surface area contributed by atoms with Gasteiger partial charge in [-0.25, -0.2) is 4.98 Å². The van der Waals surface area contributed by atoms with Gasteiger partial charge in [0.25, 0.3) is 0 Å². The van der Waals surface area contributed by atoms with Crippen LogP contribution in [0.1, 0.15) is 33.4 Å². The fourth-order valence-corrected chi connectivity index (χ4v) is 10.6. The Morgan fingerprint density at radius 3 is 1.01 bits per heavy atom. The van der Waals surface area contributed by atoms with E-state index in [0.29, 0.717) is 17.6 Å². The normalized spacial score (nSPS) is 11.1. The molecule has 1 aromatic heterocycles. The minimum absolute atomic E-state index is 0.498. The first kappa shape index (κ1) is 47.2. The van der Waals surface area contributed by atoms with Crippen molar-refractivity contribution in [2.45, 2.75) is 41.5 Å². The molecule has 0 radical (unpaired) electrons. The highest BCUT2D eigenvalue weighted by Gasteiger charge is 2.24. The summed E-state index contributed by atoms with van der Waals surface area (Å²) in [7, 11) is 0. The maximum Gasteiger partial charge on any atom is 0.238 e. The number of rotatable bonds is 12. The molecule has 0 spiro atoms. The van der Waals surface area contributed by atoms with E-state index in [2.05, 4.69) is 270 Å². The molecular weight excluding hydrogens is 899 g/mol. The molecule has 10 aromatic carbocycles. The van der Waals surface area contributed by atoms with Gasteiger partial charge in [-0.2, -0.15) is 9.97 Å². The first-order valence-corrected chi connectivity index (χ1v) is 25.3. The van der Waals surface area contributed by atoms with Crippen molar-refractivity contribution in [1.82, 2.24) is 15.0 Å². The topological polar surface area (TPSA) is 45.2 Å². The summed E-state index contributed by atoms with van der Waals surface area (Å²) >= 11 is 0. The maximum atomic E-state index is 5.50. The third-order valence-corrected chi connectivity index (χ3v) is 13.8. The van der Waals surface area contributed by atoms with Gasteiger partial charge in [0, 0.05) is 28.2 Å². The molecule has 0 amide bonds. The van der Waals surface area contributed by atoms with Crippen LogP contribution in [0.15, 0.2) is 237 Å². The third kappa shape index (κ3) is 9.64. The van der Waals surface area contributed by atoms with Crippen LogP contribution in [0.5, 0.6) is 0 Å². The number of hydrogen-bond donors (Lipinski definition) is 0. The van der Waals surface area contributed by atoms with E-state index < -0.39 is 0 Å². The van der Waals surface area contributed by atoms with Crippen LogP contribution >= 0.6 is 0 Å². The van der Waals surface area contributed by atoms with Crippen LogP contribution in [-0.4, -0.2) is 15.0 Å². The van der Waals surface area contributed by atoms with Crippen LogP contribution in [0.4, 0.5) is 34.4 Å². The molecule has 0 aliphatic rings. The summed E-state index contributed by atoms with van der Waals surface area (Å²) in [5.41, 5.74) is 23.4. The van der Waals surface area contributed by atoms with Crippen molar-refractivity contribution >= 4 is 34.4 Å². The fourth-order valence-electron chi connectivity index (χ4n) is 10.6. The lowest BCUT2D eigenvalue weighted by molar-refractivity contribution is 1.02. The van der Waals surface area contributed by atoms with Crippen molar-refractivity contribution in [2.75, 3.05) is 9.80 Å².